The number of halogens is 2. The van der Waals surface area contributed by atoms with E-state index in [0.717, 1.165) is 10.0 Å². The van der Waals surface area contributed by atoms with Crippen LogP contribution in [0.5, 0.6) is 0 Å². The fraction of sp³-hybridized carbons (Fsp3) is 0.0714. The summed E-state index contributed by atoms with van der Waals surface area (Å²) in [6, 6.07) is 9.18. The van der Waals surface area contributed by atoms with Gasteiger partial charge in [0.25, 0.3) is 11.6 Å². The number of amides is 1. The summed E-state index contributed by atoms with van der Waals surface area (Å²) in [5.41, 5.74) is 1.50. The first-order chi connectivity index (χ1) is 9.90. The molecule has 0 spiro atoms. The Morgan fingerprint density at radius 2 is 2.05 bits per heavy atom. The first-order valence-corrected chi connectivity index (χ1v) is 7.07. The van der Waals surface area contributed by atoms with Crippen molar-refractivity contribution in [1.82, 2.24) is 0 Å². The van der Waals surface area contributed by atoms with E-state index in [0.29, 0.717) is 11.3 Å². The van der Waals surface area contributed by atoms with Gasteiger partial charge in [0.1, 0.15) is 0 Å². The number of rotatable bonds is 3. The molecular formula is C14H10BrClN2O3. The van der Waals surface area contributed by atoms with Crippen LogP contribution in [0.15, 0.2) is 40.9 Å². The summed E-state index contributed by atoms with van der Waals surface area (Å²) in [5.74, 6) is -0.329. The van der Waals surface area contributed by atoms with Crippen molar-refractivity contribution in [1.29, 1.82) is 0 Å². The van der Waals surface area contributed by atoms with E-state index in [1.165, 1.54) is 18.2 Å². The van der Waals surface area contributed by atoms with Gasteiger partial charge in [-0.1, -0.05) is 33.6 Å². The van der Waals surface area contributed by atoms with Crippen LogP contribution >= 0.6 is 27.5 Å². The number of anilines is 1. The lowest BCUT2D eigenvalue weighted by atomic mass is 10.1. The van der Waals surface area contributed by atoms with Crippen molar-refractivity contribution in [3.05, 3.63) is 67.1 Å². The summed E-state index contributed by atoms with van der Waals surface area (Å²) in [7, 11) is 0. The number of non-ortho nitro benzene ring substituents is 1. The van der Waals surface area contributed by atoms with E-state index >= 15 is 0 Å². The molecule has 0 saturated heterocycles. The minimum absolute atomic E-state index is 0.116. The Morgan fingerprint density at radius 1 is 1.33 bits per heavy atom. The number of nitro benzene ring substituents is 1. The Bertz CT molecular complexity index is 734. The number of hydrogen-bond acceptors (Lipinski definition) is 3. The molecule has 21 heavy (non-hydrogen) atoms. The highest BCUT2D eigenvalue weighted by Gasteiger charge is 2.14. The Kier molecular flexibility index (Phi) is 4.59. The minimum Gasteiger partial charge on any atom is -0.321 e. The summed E-state index contributed by atoms with van der Waals surface area (Å²) in [4.78, 5) is 22.3. The predicted molar refractivity (Wildman–Crippen MR) is 84.9 cm³/mol. The summed E-state index contributed by atoms with van der Waals surface area (Å²) < 4.78 is 0.824. The van der Waals surface area contributed by atoms with Gasteiger partial charge < -0.3 is 5.32 Å². The van der Waals surface area contributed by atoms with Crippen molar-refractivity contribution in [3.63, 3.8) is 0 Å². The lowest BCUT2D eigenvalue weighted by molar-refractivity contribution is -0.384. The lowest BCUT2D eigenvalue weighted by Gasteiger charge is -2.10. The SMILES string of the molecule is Cc1c(Br)cccc1C(=O)Nc1ccc([N+](=O)[O-])cc1Cl. The van der Waals surface area contributed by atoms with Crippen LogP contribution in [0.3, 0.4) is 0 Å². The van der Waals surface area contributed by atoms with Gasteiger partial charge in [-0.2, -0.15) is 0 Å². The number of nitro groups is 1. The Morgan fingerprint density at radius 3 is 2.67 bits per heavy atom. The fourth-order valence-electron chi connectivity index (χ4n) is 1.76. The molecule has 2 aromatic carbocycles. The van der Waals surface area contributed by atoms with Crippen LogP contribution in [0, 0.1) is 17.0 Å². The van der Waals surface area contributed by atoms with E-state index in [1.54, 1.807) is 12.1 Å². The molecule has 1 N–H and O–H groups in total. The van der Waals surface area contributed by atoms with Gasteiger partial charge >= 0.3 is 0 Å². The summed E-state index contributed by atoms with van der Waals surface area (Å²) >= 11 is 9.31. The molecule has 5 nitrogen and oxygen atoms in total. The average Bonchev–Trinajstić information content (AvgIpc) is 2.43. The third-order valence-corrected chi connectivity index (χ3v) is 4.10. The number of nitrogens with one attached hydrogen (secondary N) is 1. The van der Waals surface area contributed by atoms with Crippen molar-refractivity contribution in [2.45, 2.75) is 6.92 Å². The number of nitrogens with zero attached hydrogens (tertiary/aromatic N) is 1. The number of benzene rings is 2. The number of carbonyl (C=O) groups is 1. The molecule has 2 aromatic rings. The molecule has 0 aliphatic rings. The van der Waals surface area contributed by atoms with Gasteiger partial charge in [-0.05, 0) is 30.7 Å². The summed E-state index contributed by atoms with van der Waals surface area (Å²) in [6.07, 6.45) is 0. The first-order valence-electron chi connectivity index (χ1n) is 5.90. The smallest absolute Gasteiger partial charge is 0.271 e. The third-order valence-electron chi connectivity index (χ3n) is 2.92. The molecule has 0 saturated carbocycles. The largest absolute Gasteiger partial charge is 0.321 e. The standard InChI is InChI=1S/C14H10BrClN2O3/c1-8-10(3-2-4-11(8)15)14(19)17-13-6-5-9(18(20)21)7-12(13)16/h2-7H,1H3,(H,17,19). The topological polar surface area (TPSA) is 72.2 Å². The highest BCUT2D eigenvalue weighted by atomic mass is 79.9. The molecule has 0 fully saturated rings. The molecule has 7 heteroatoms. The Labute approximate surface area is 134 Å². The molecule has 0 aliphatic carbocycles. The van der Waals surface area contributed by atoms with Crippen LogP contribution in [0.4, 0.5) is 11.4 Å². The van der Waals surface area contributed by atoms with E-state index in [4.69, 9.17) is 11.6 Å². The van der Waals surface area contributed by atoms with E-state index < -0.39 is 4.92 Å². The third kappa shape index (κ3) is 3.40. The van der Waals surface area contributed by atoms with Crippen LogP contribution in [0.25, 0.3) is 0 Å². The minimum atomic E-state index is -0.546. The van der Waals surface area contributed by atoms with Crippen LogP contribution in [0.2, 0.25) is 5.02 Å². The maximum atomic E-state index is 12.2. The quantitative estimate of drug-likeness (QED) is 0.636. The molecule has 0 heterocycles. The lowest BCUT2D eigenvalue weighted by Crippen LogP contribution is -2.13. The van der Waals surface area contributed by atoms with E-state index in [1.807, 2.05) is 13.0 Å². The fourth-order valence-corrected chi connectivity index (χ4v) is 2.35. The van der Waals surface area contributed by atoms with Gasteiger partial charge in [-0.25, -0.2) is 0 Å². The Balaban J connectivity index is 2.28. The van der Waals surface area contributed by atoms with Gasteiger partial charge in [0.2, 0.25) is 0 Å². The predicted octanol–water partition coefficient (Wildman–Crippen LogP) is 4.57. The second-order valence-electron chi connectivity index (χ2n) is 4.29. The summed E-state index contributed by atoms with van der Waals surface area (Å²) in [5, 5.41) is 13.4. The molecule has 2 rings (SSSR count). The second kappa shape index (κ2) is 6.24. The monoisotopic (exact) mass is 368 g/mol. The van der Waals surface area contributed by atoms with Crippen molar-refractivity contribution >= 4 is 44.8 Å². The molecule has 0 aromatic heterocycles. The molecule has 0 atom stereocenters. The molecule has 0 radical (unpaired) electrons. The molecule has 108 valence electrons. The molecule has 0 unspecified atom stereocenters. The van der Waals surface area contributed by atoms with Crippen molar-refractivity contribution in [2.75, 3.05) is 5.32 Å². The first kappa shape index (κ1) is 15.5. The molecular weight excluding hydrogens is 360 g/mol. The van der Waals surface area contributed by atoms with Crippen molar-refractivity contribution < 1.29 is 9.72 Å². The van der Waals surface area contributed by atoms with Crippen LogP contribution in [0.1, 0.15) is 15.9 Å². The van der Waals surface area contributed by atoms with Gasteiger partial charge in [-0.15, -0.1) is 0 Å². The maximum absolute atomic E-state index is 12.2. The van der Waals surface area contributed by atoms with Gasteiger partial charge in [0.15, 0.2) is 0 Å². The van der Waals surface area contributed by atoms with Crippen LogP contribution in [-0.2, 0) is 0 Å². The summed E-state index contributed by atoms with van der Waals surface area (Å²) in [6.45, 7) is 1.82. The zero-order valence-electron chi connectivity index (χ0n) is 10.9. The molecule has 0 bridgehead atoms. The van der Waals surface area contributed by atoms with Crippen LogP contribution in [-0.4, -0.2) is 10.8 Å². The molecule has 1 amide bonds. The maximum Gasteiger partial charge on any atom is 0.271 e. The zero-order valence-corrected chi connectivity index (χ0v) is 13.2. The average molecular weight is 370 g/mol. The highest BCUT2D eigenvalue weighted by molar-refractivity contribution is 9.10. The van der Waals surface area contributed by atoms with Crippen molar-refractivity contribution in [3.8, 4) is 0 Å². The Hall–Kier alpha value is -1.92. The van der Waals surface area contributed by atoms with Crippen molar-refractivity contribution in [2.24, 2.45) is 0 Å². The van der Waals surface area contributed by atoms with Gasteiger partial charge in [0, 0.05) is 22.2 Å². The van der Waals surface area contributed by atoms with E-state index in [2.05, 4.69) is 21.2 Å². The zero-order chi connectivity index (χ0) is 15.6. The van der Waals surface area contributed by atoms with Crippen LogP contribution < -0.4 is 5.32 Å². The number of carbonyl (C=O) groups excluding carboxylic acids is 1. The van der Waals surface area contributed by atoms with E-state index in [-0.39, 0.29) is 16.6 Å². The van der Waals surface area contributed by atoms with E-state index in [9.17, 15) is 14.9 Å². The second-order valence-corrected chi connectivity index (χ2v) is 5.55. The van der Waals surface area contributed by atoms with Gasteiger partial charge in [0.05, 0.1) is 15.6 Å². The molecule has 0 aliphatic heterocycles. The normalized spacial score (nSPS) is 10.2. The van der Waals surface area contributed by atoms with Gasteiger partial charge in [-0.3, -0.25) is 14.9 Å². The number of hydrogen-bond donors (Lipinski definition) is 1. The highest BCUT2D eigenvalue weighted by Crippen LogP contribution is 2.28.